The number of pyridine rings is 1. The predicted octanol–water partition coefficient (Wildman–Crippen LogP) is 6.62. The van der Waals surface area contributed by atoms with E-state index in [4.69, 9.17) is 23.2 Å². The smallest absolute Gasteiger partial charge is 0.167 e. The summed E-state index contributed by atoms with van der Waals surface area (Å²) in [5, 5.41) is 0.978. The number of ketones is 1. The van der Waals surface area contributed by atoms with Crippen LogP contribution in [0.4, 0.5) is 0 Å². The Morgan fingerprint density at radius 3 is 2.45 bits per heavy atom. The number of aromatic nitrogens is 1. The van der Waals surface area contributed by atoms with Crippen molar-refractivity contribution in [3.63, 3.8) is 0 Å². The van der Waals surface area contributed by atoms with Crippen LogP contribution in [0.5, 0.6) is 0 Å². The van der Waals surface area contributed by atoms with Crippen LogP contribution in [0, 0.1) is 5.41 Å². The number of rotatable bonds is 4. The van der Waals surface area contributed by atoms with E-state index in [1.54, 1.807) is 12.3 Å². The van der Waals surface area contributed by atoms with E-state index in [9.17, 15) is 4.79 Å². The molecule has 1 aliphatic rings. The molecule has 0 bridgehead atoms. The van der Waals surface area contributed by atoms with Gasteiger partial charge in [0.1, 0.15) is 0 Å². The number of benzene rings is 2. The molecule has 4 rings (SSSR count). The lowest BCUT2D eigenvalue weighted by Gasteiger charge is -2.44. The summed E-state index contributed by atoms with van der Waals surface area (Å²) in [7, 11) is 0. The first kappa shape index (κ1) is 21.8. The highest BCUT2D eigenvalue weighted by Crippen LogP contribution is 2.43. The van der Waals surface area contributed by atoms with Gasteiger partial charge in [0.15, 0.2) is 5.78 Å². The summed E-state index contributed by atoms with van der Waals surface area (Å²) in [6.07, 6.45) is 3.65. The van der Waals surface area contributed by atoms with Crippen LogP contribution in [-0.4, -0.2) is 22.2 Å². The van der Waals surface area contributed by atoms with Gasteiger partial charge in [-0.2, -0.15) is 0 Å². The number of hydrogen-bond donors (Lipinski definition) is 0. The van der Waals surface area contributed by atoms with Gasteiger partial charge in [-0.3, -0.25) is 14.7 Å². The highest BCUT2D eigenvalue weighted by molar-refractivity contribution is 6.42. The van der Waals surface area contributed by atoms with Crippen LogP contribution in [0.25, 0.3) is 6.08 Å². The third-order valence-corrected chi connectivity index (χ3v) is 6.35. The van der Waals surface area contributed by atoms with Crippen LogP contribution in [0.3, 0.4) is 0 Å². The van der Waals surface area contributed by atoms with Crippen molar-refractivity contribution in [3.8, 4) is 0 Å². The van der Waals surface area contributed by atoms with Crippen molar-refractivity contribution in [2.24, 2.45) is 5.41 Å². The van der Waals surface area contributed by atoms with Crippen LogP contribution < -0.4 is 0 Å². The summed E-state index contributed by atoms with van der Waals surface area (Å²) < 4.78 is 0. The fourth-order valence-electron chi connectivity index (χ4n) is 4.19. The summed E-state index contributed by atoms with van der Waals surface area (Å²) in [4.78, 5) is 20.4. The monoisotopic (exact) mass is 450 g/mol. The molecule has 0 aliphatic carbocycles. The summed E-state index contributed by atoms with van der Waals surface area (Å²) in [5.74, 6) is 0.124. The first-order chi connectivity index (χ1) is 14.8. The minimum absolute atomic E-state index is 0.124. The lowest BCUT2D eigenvalue weighted by atomic mass is 9.74. The standard InChI is InChI=1S/C26H24Cl2N2O/c1-26(2)17-30(16-18-8-4-3-5-9-18)24(19-11-12-22(27)23(28)14-19)21(25(26)31)15-20-10-6-7-13-29-20/h3-15,24H,16-17H2,1-2H3/b21-15-. The quantitative estimate of drug-likeness (QED) is 0.418. The van der Waals surface area contributed by atoms with E-state index in [1.165, 1.54) is 5.56 Å². The minimum atomic E-state index is -0.526. The largest absolute Gasteiger partial charge is 0.294 e. The molecule has 1 atom stereocenters. The molecule has 1 fully saturated rings. The molecule has 5 heteroatoms. The van der Waals surface area contributed by atoms with Gasteiger partial charge in [-0.1, -0.05) is 79.5 Å². The zero-order chi connectivity index (χ0) is 22.0. The van der Waals surface area contributed by atoms with Gasteiger partial charge in [0, 0.05) is 30.3 Å². The summed E-state index contributed by atoms with van der Waals surface area (Å²) >= 11 is 12.6. The molecule has 0 N–H and O–H groups in total. The van der Waals surface area contributed by atoms with Crippen LogP contribution in [-0.2, 0) is 11.3 Å². The molecule has 0 amide bonds. The van der Waals surface area contributed by atoms with Gasteiger partial charge in [-0.05, 0) is 41.5 Å². The van der Waals surface area contributed by atoms with Gasteiger partial charge in [-0.15, -0.1) is 0 Å². The molecule has 158 valence electrons. The molecule has 2 aromatic carbocycles. The Morgan fingerprint density at radius 1 is 1.03 bits per heavy atom. The lowest BCUT2D eigenvalue weighted by molar-refractivity contribution is -0.128. The minimum Gasteiger partial charge on any atom is -0.294 e. The topological polar surface area (TPSA) is 33.2 Å². The van der Waals surface area contributed by atoms with Crippen molar-refractivity contribution in [2.45, 2.75) is 26.4 Å². The highest BCUT2D eigenvalue weighted by atomic mass is 35.5. The maximum absolute atomic E-state index is 13.6. The van der Waals surface area contributed by atoms with Crippen LogP contribution in [0.15, 0.2) is 78.5 Å². The molecule has 1 unspecified atom stereocenters. The second kappa shape index (κ2) is 8.96. The van der Waals surface area contributed by atoms with Crippen molar-refractivity contribution in [3.05, 3.63) is 105 Å². The fourth-order valence-corrected chi connectivity index (χ4v) is 4.49. The number of piperidine rings is 1. The Bertz CT molecular complexity index is 1110. The average Bonchev–Trinajstić information content (AvgIpc) is 2.75. The maximum Gasteiger partial charge on any atom is 0.167 e. The summed E-state index contributed by atoms with van der Waals surface area (Å²) in [5.41, 5.74) is 3.08. The van der Waals surface area contributed by atoms with E-state index in [0.29, 0.717) is 28.7 Å². The zero-order valence-corrected chi connectivity index (χ0v) is 19.1. The van der Waals surface area contributed by atoms with Gasteiger partial charge < -0.3 is 0 Å². The van der Waals surface area contributed by atoms with Crippen LogP contribution in [0.2, 0.25) is 10.0 Å². The van der Waals surface area contributed by atoms with Crippen molar-refractivity contribution in [1.29, 1.82) is 0 Å². The van der Waals surface area contributed by atoms with Gasteiger partial charge >= 0.3 is 0 Å². The third-order valence-electron chi connectivity index (χ3n) is 5.61. The molecular weight excluding hydrogens is 427 g/mol. The highest BCUT2D eigenvalue weighted by Gasteiger charge is 2.44. The Labute approximate surface area is 193 Å². The van der Waals surface area contributed by atoms with Crippen molar-refractivity contribution >= 4 is 35.1 Å². The van der Waals surface area contributed by atoms with E-state index in [2.05, 4.69) is 22.0 Å². The fraction of sp³-hybridized carbons (Fsp3) is 0.231. The summed E-state index contributed by atoms with van der Waals surface area (Å²) in [6.45, 7) is 5.35. The Balaban J connectivity index is 1.86. The van der Waals surface area contributed by atoms with Gasteiger partial charge in [0.05, 0.1) is 21.8 Å². The normalized spacial score (nSPS) is 20.2. The summed E-state index contributed by atoms with van der Waals surface area (Å²) in [6, 6.07) is 21.4. The van der Waals surface area contributed by atoms with Crippen LogP contribution in [0.1, 0.15) is 36.7 Å². The van der Waals surface area contributed by atoms with Crippen LogP contribution >= 0.6 is 23.2 Å². The molecule has 1 aliphatic heterocycles. The maximum atomic E-state index is 13.6. The number of carbonyl (C=O) groups is 1. The van der Waals surface area contributed by atoms with Gasteiger partial charge in [-0.25, -0.2) is 0 Å². The Kier molecular flexibility index (Phi) is 6.29. The number of nitrogens with zero attached hydrogens (tertiary/aromatic N) is 2. The molecule has 0 spiro atoms. The molecule has 1 saturated heterocycles. The Morgan fingerprint density at radius 2 is 1.77 bits per heavy atom. The van der Waals surface area contributed by atoms with E-state index in [0.717, 1.165) is 11.3 Å². The second-order valence-corrected chi connectivity index (χ2v) is 9.35. The molecule has 2 heterocycles. The first-order valence-corrected chi connectivity index (χ1v) is 11.0. The first-order valence-electron chi connectivity index (χ1n) is 10.3. The van der Waals surface area contributed by atoms with E-state index in [1.807, 2.05) is 68.5 Å². The van der Waals surface area contributed by atoms with Gasteiger partial charge in [0.2, 0.25) is 0 Å². The van der Waals surface area contributed by atoms with E-state index in [-0.39, 0.29) is 11.8 Å². The SMILES string of the molecule is CC1(C)CN(Cc2ccccc2)C(c2ccc(Cl)c(Cl)c2)/C(=C/c2ccccn2)C1=O. The van der Waals surface area contributed by atoms with Crippen molar-refractivity contribution in [2.75, 3.05) is 6.54 Å². The molecule has 0 saturated carbocycles. The lowest BCUT2D eigenvalue weighted by Crippen LogP contribution is -2.49. The van der Waals surface area contributed by atoms with E-state index < -0.39 is 5.41 Å². The molecular formula is C26H24Cl2N2O. The van der Waals surface area contributed by atoms with E-state index >= 15 is 0 Å². The molecule has 0 radical (unpaired) electrons. The van der Waals surface area contributed by atoms with Crippen molar-refractivity contribution < 1.29 is 4.79 Å². The molecule has 3 aromatic rings. The molecule has 31 heavy (non-hydrogen) atoms. The molecule has 1 aromatic heterocycles. The number of likely N-dealkylation sites (tertiary alicyclic amines) is 1. The predicted molar refractivity (Wildman–Crippen MR) is 127 cm³/mol. The number of halogens is 2. The van der Waals surface area contributed by atoms with Crippen molar-refractivity contribution in [1.82, 2.24) is 9.88 Å². The molecule has 3 nitrogen and oxygen atoms in total. The second-order valence-electron chi connectivity index (χ2n) is 8.53. The number of hydrogen-bond acceptors (Lipinski definition) is 3. The third kappa shape index (κ3) is 4.74. The average molecular weight is 451 g/mol. The Hall–Kier alpha value is -2.46. The van der Waals surface area contributed by atoms with Gasteiger partial charge in [0.25, 0.3) is 0 Å². The zero-order valence-electron chi connectivity index (χ0n) is 17.6. The number of Topliss-reactive ketones (excluding diaryl/α,β-unsaturated/α-hetero) is 1. The number of carbonyl (C=O) groups excluding carboxylic acids is 1.